The summed E-state index contributed by atoms with van der Waals surface area (Å²) in [7, 11) is 0. The average Bonchev–Trinajstić information content (AvgIpc) is 2.57. The third kappa shape index (κ3) is 2.16. The molecule has 0 fully saturated rings. The van der Waals surface area contributed by atoms with E-state index in [0.29, 0.717) is 0 Å². The maximum atomic E-state index is 4.66. The van der Waals surface area contributed by atoms with E-state index in [2.05, 4.69) is 61.1 Å². The van der Waals surface area contributed by atoms with Crippen molar-refractivity contribution < 1.29 is 0 Å². The van der Waals surface area contributed by atoms with Gasteiger partial charge in [-0.05, 0) is 20.8 Å². The second-order valence-corrected chi connectivity index (χ2v) is 6.44. The van der Waals surface area contributed by atoms with Gasteiger partial charge in [0.1, 0.15) is 11.3 Å². The minimum atomic E-state index is -0.0405. The quantitative estimate of drug-likeness (QED) is 0.701. The summed E-state index contributed by atoms with van der Waals surface area (Å²) in [4.78, 5) is 13.4. The third-order valence-electron chi connectivity index (χ3n) is 2.68. The Balaban J connectivity index is 2.67. The largest absolute Gasteiger partial charge is 0.310 e. The number of imidazole rings is 1. The Labute approximate surface area is 102 Å². The fraction of sp³-hybridized carbons (Fsp3) is 0.615. The van der Waals surface area contributed by atoms with Crippen LogP contribution in [0.15, 0.2) is 12.5 Å². The van der Waals surface area contributed by atoms with E-state index >= 15 is 0 Å². The topological polar surface area (TPSA) is 43.6 Å². The third-order valence-corrected chi connectivity index (χ3v) is 2.68. The SMILES string of the molecule is CC(C)(C)c1ncc2ncn(C(C)(C)C)c2n1. The summed E-state index contributed by atoms with van der Waals surface area (Å²) in [6, 6.07) is 0. The monoisotopic (exact) mass is 232 g/mol. The van der Waals surface area contributed by atoms with Crippen LogP contribution in [-0.4, -0.2) is 19.5 Å². The molecule has 2 aromatic rings. The van der Waals surface area contributed by atoms with Gasteiger partial charge in [0.2, 0.25) is 0 Å². The molecule has 0 N–H and O–H groups in total. The van der Waals surface area contributed by atoms with Gasteiger partial charge in [-0.15, -0.1) is 0 Å². The van der Waals surface area contributed by atoms with Crippen LogP contribution in [0.3, 0.4) is 0 Å². The Morgan fingerprint density at radius 3 is 2.18 bits per heavy atom. The van der Waals surface area contributed by atoms with Crippen molar-refractivity contribution in [2.45, 2.75) is 52.5 Å². The van der Waals surface area contributed by atoms with Crippen molar-refractivity contribution in [1.82, 2.24) is 19.5 Å². The Hall–Kier alpha value is -1.45. The standard InChI is InChI=1S/C13H20N4/c1-12(2,3)11-14-7-9-10(16-11)17(8-15-9)13(4,5)6/h7-8H,1-6H3. The van der Waals surface area contributed by atoms with Crippen molar-refractivity contribution in [2.75, 3.05) is 0 Å². The first kappa shape index (κ1) is 12.0. The molecule has 92 valence electrons. The van der Waals surface area contributed by atoms with Crippen LogP contribution >= 0.6 is 0 Å². The second kappa shape index (κ2) is 3.52. The van der Waals surface area contributed by atoms with Crippen LogP contribution in [0, 0.1) is 0 Å². The summed E-state index contributed by atoms with van der Waals surface area (Å²) < 4.78 is 2.10. The predicted octanol–water partition coefficient (Wildman–Crippen LogP) is 2.88. The van der Waals surface area contributed by atoms with E-state index in [1.54, 1.807) is 0 Å². The van der Waals surface area contributed by atoms with E-state index in [-0.39, 0.29) is 11.0 Å². The lowest BCUT2D eigenvalue weighted by Gasteiger charge is -2.22. The summed E-state index contributed by atoms with van der Waals surface area (Å²) >= 11 is 0. The van der Waals surface area contributed by atoms with Gasteiger partial charge < -0.3 is 4.57 Å². The summed E-state index contributed by atoms with van der Waals surface area (Å²) in [5, 5.41) is 0. The minimum Gasteiger partial charge on any atom is -0.310 e. The van der Waals surface area contributed by atoms with E-state index in [0.717, 1.165) is 17.0 Å². The van der Waals surface area contributed by atoms with Gasteiger partial charge in [-0.1, -0.05) is 20.8 Å². The normalized spacial score (nSPS) is 13.3. The van der Waals surface area contributed by atoms with Crippen molar-refractivity contribution in [2.24, 2.45) is 0 Å². The molecule has 2 heterocycles. The molecule has 2 aromatic heterocycles. The molecular weight excluding hydrogens is 212 g/mol. The number of rotatable bonds is 0. The molecule has 0 aliphatic rings. The smallest absolute Gasteiger partial charge is 0.164 e. The summed E-state index contributed by atoms with van der Waals surface area (Å²) in [5.41, 5.74) is 1.71. The predicted molar refractivity (Wildman–Crippen MR) is 69.0 cm³/mol. The molecule has 0 aromatic carbocycles. The van der Waals surface area contributed by atoms with Crippen LogP contribution in [0.4, 0.5) is 0 Å². The highest BCUT2D eigenvalue weighted by molar-refractivity contribution is 5.69. The highest BCUT2D eigenvalue weighted by Gasteiger charge is 2.21. The molecule has 0 aliphatic heterocycles. The molecule has 0 bridgehead atoms. The van der Waals surface area contributed by atoms with Crippen molar-refractivity contribution in [3.63, 3.8) is 0 Å². The van der Waals surface area contributed by atoms with Gasteiger partial charge >= 0.3 is 0 Å². The molecule has 4 nitrogen and oxygen atoms in total. The Morgan fingerprint density at radius 1 is 1.00 bits per heavy atom. The van der Waals surface area contributed by atoms with Gasteiger partial charge in [0.25, 0.3) is 0 Å². The molecule has 4 heteroatoms. The van der Waals surface area contributed by atoms with Gasteiger partial charge in [-0.3, -0.25) is 0 Å². The first-order valence-electron chi connectivity index (χ1n) is 5.90. The highest BCUT2D eigenvalue weighted by Crippen LogP contribution is 2.23. The lowest BCUT2D eigenvalue weighted by Crippen LogP contribution is -2.22. The molecule has 0 saturated carbocycles. The number of hydrogen-bond acceptors (Lipinski definition) is 3. The van der Waals surface area contributed by atoms with Crippen LogP contribution in [-0.2, 0) is 11.0 Å². The lowest BCUT2D eigenvalue weighted by molar-refractivity contribution is 0.405. The molecule has 0 saturated heterocycles. The van der Waals surface area contributed by atoms with E-state index in [1.165, 1.54) is 0 Å². The molecule has 0 radical (unpaired) electrons. The number of nitrogens with zero attached hydrogens (tertiary/aromatic N) is 4. The van der Waals surface area contributed by atoms with E-state index in [9.17, 15) is 0 Å². The maximum absolute atomic E-state index is 4.66. The van der Waals surface area contributed by atoms with E-state index in [1.807, 2.05) is 12.5 Å². The zero-order chi connectivity index (χ0) is 12.8. The van der Waals surface area contributed by atoms with Crippen LogP contribution in [0.5, 0.6) is 0 Å². The van der Waals surface area contributed by atoms with Crippen LogP contribution < -0.4 is 0 Å². The molecule has 0 amide bonds. The first-order chi connectivity index (χ1) is 7.69. The van der Waals surface area contributed by atoms with Crippen molar-refractivity contribution in [1.29, 1.82) is 0 Å². The fourth-order valence-electron chi connectivity index (χ4n) is 1.66. The lowest BCUT2D eigenvalue weighted by atomic mass is 9.96. The molecule has 0 unspecified atom stereocenters. The van der Waals surface area contributed by atoms with Crippen LogP contribution in [0.2, 0.25) is 0 Å². The average molecular weight is 232 g/mol. The number of aromatic nitrogens is 4. The van der Waals surface area contributed by atoms with Crippen molar-refractivity contribution in [3.8, 4) is 0 Å². The molecule has 0 aliphatic carbocycles. The van der Waals surface area contributed by atoms with E-state index < -0.39 is 0 Å². The zero-order valence-electron chi connectivity index (χ0n) is 11.4. The minimum absolute atomic E-state index is 0.0156. The summed E-state index contributed by atoms with van der Waals surface area (Å²) in [6.45, 7) is 12.8. The van der Waals surface area contributed by atoms with Gasteiger partial charge in [0.15, 0.2) is 5.65 Å². The zero-order valence-corrected chi connectivity index (χ0v) is 11.4. The Morgan fingerprint density at radius 2 is 1.65 bits per heavy atom. The highest BCUT2D eigenvalue weighted by atomic mass is 15.2. The van der Waals surface area contributed by atoms with Crippen molar-refractivity contribution in [3.05, 3.63) is 18.3 Å². The summed E-state index contributed by atoms with van der Waals surface area (Å²) in [6.07, 6.45) is 3.65. The summed E-state index contributed by atoms with van der Waals surface area (Å²) in [5.74, 6) is 0.857. The second-order valence-electron chi connectivity index (χ2n) is 6.44. The fourth-order valence-corrected chi connectivity index (χ4v) is 1.66. The van der Waals surface area contributed by atoms with Gasteiger partial charge in [-0.2, -0.15) is 0 Å². The molecule has 0 spiro atoms. The number of hydrogen-bond donors (Lipinski definition) is 0. The van der Waals surface area contributed by atoms with Gasteiger partial charge in [-0.25, -0.2) is 15.0 Å². The molecule has 0 atom stereocenters. The first-order valence-corrected chi connectivity index (χ1v) is 5.90. The Kier molecular flexibility index (Phi) is 2.49. The van der Waals surface area contributed by atoms with Gasteiger partial charge in [0.05, 0.1) is 12.5 Å². The van der Waals surface area contributed by atoms with Crippen LogP contribution in [0.25, 0.3) is 11.2 Å². The van der Waals surface area contributed by atoms with Crippen LogP contribution in [0.1, 0.15) is 47.4 Å². The van der Waals surface area contributed by atoms with E-state index in [4.69, 9.17) is 0 Å². The maximum Gasteiger partial charge on any atom is 0.164 e. The van der Waals surface area contributed by atoms with Gasteiger partial charge in [0, 0.05) is 11.0 Å². The number of fused-ring (bicyclic) bond motifs is 1. The molecular formula is C13H20N4. The Bertz CT molecular complexity index is 541. The molecule has 17 heavy (non-hydrogen) atoms. The molecule has 2 rings (SSSR count). The van der Waals surface area contributed by atoms with Crippen molar-refractivity contribution >= 4 is 11.2 Å².